The maximum absolute atomic E-state index is 10.2. The maximum Gasteiger partial charge on any atom is 0.0580 e. The first-order valence-corrected chi connectivity index (χ1v) is 8.11. The third-order valence-electron chi connectivity index (χ3n) is 4.52. The van der Waals surface area contributed by atoms with Crippen LogP contribution in [-0.4, -0.2) is 35.7 Å². The zero-order valence-corrected chi connectivity index (χ0v) is 12.7. The van der Waals surface area contributed by atoms with E-state index in [1.807, 2.05) is 0 Å². The Bertz CT molecular complexity index is 207. The first-order chi connectivity index (χ1) is 8.71. The minimum absolute atomic E-state index is 0.0474. The number of aliphatic hydroxyl groups excluding tert-OH is 1. The molecule has 18 heavy (non-hydrogen) atoms. The molecular formula is C16H33NO. The van der Waals surface area contributed by atoms with Crippen molar-refractivity contribution in [3.8, 4) is 0 Å². The van der Waals surface area contributed by atoms with Gasteiger partial charge in [-0.05, 0) is 50.6 Å². The Labute approximate surface area is 114 Å². The van der Waals surface area contributed by atoms with Gasteiger partial charge in [-0.15, -0.1) is 0 Å². The van der Waals surface area contributed by atoms with Crippen molar-refractivity contribution in [1.82, 2.24) is 4.90 Å². The monoisotopic (exact) mass is 255 g/mol. The average molecular weight is 255 g/mol. The first-order valence-electron chi connectivity index (χ1n) is 8.11. The number of hydrogen-bond donors (Lipinski definition) is 1. The smallest absolute Gasteiger partial charge is 0.0580 e. The SMILES string of the molecule is CCCCN(CC)CC1CC(CCC)CCC1O. The van der Waals surface area contributed by atoms with E-state index in [9.17, 15) is 5.11 Å². The molecule has 0 aromatic rings. The lowest BCUT2D eigenvalue weighted by molar-refractivity contribution is 0.0263. The van der Waals surface area contributed by atoms with Crippen molar-refractivity contribution in [3.63, 3.8) is 0 Å². The van der Waals surface area contributed by atoms with Gasteiger partial charge in [0.15, 0.2) is 0 Å². The summed E-state index contributed by atoms with van der Waals surface area (Å²) in [5, 5.41) is 10.2. The molecule has 3 unspecified atom stereocenters. The van der Waals surface area contributed by atoms with E-state index in [1.54, 1.807) is 0 Å². The number of nitrogens with zero attached hydrogens (tertiary/aromatic N) is 1. The molecule has 0 aliphatic heterocycles. The van der Waals surface area contributed by atoms with Gasteiger partial charge in [-0.1, -0.05) is 40.0 Å². The highest BCUT2D eigenvalue weighted by molar-refractivity contribution is 4.81. The van der Waals surface area contributed by atoms with Gasteiger partial charge in [0.25, 0.3) is 0 Å². The number of hydrogen-bond acceptors (Lipinski definition) is 2. The second kappa shape index (κ2) is 8.92. The Kier molecular flexibility index (Phi) is 7.92. The molecule has 0 saturated heterocycles. The van der Waals surface area contributed by atoms with Crippen molar-refractivity contribution in [2.24, 2.45) is 11.8 Å². The molecule has 108 valence electrons. The fourth-order valence-corrected chi connectivity index (χ4v) is 3.30. The van der Waals surface area contributed by atoms with E-state index in [0.29, 0.717) is 5.92 Å². The lowest BCUT2D eigenvalue weighted by Crippen LogP contribution is -2.39. The van der Waals surface area contributed by atoms with Gasteiger partial charge in [-0.2, -0.15) is 0 Å². The van der Waals surface area contributed by atoms with Gasteiger partial charge in [0.2, 0.25) is 0 Å². The van der Waals surface area contributed by atoms with Crippen molar-refractivity contribution in [3.05, 3.63) is 0 Å². The molecule has 0 spiro atoms. The van der Waals surface area contributed by atoms with Gasteiger partial charge in [-0.3, -0.25) is 0 Å². The first kappa shape index (κ1) is 16.0. The molecule has 3 atom stereocenters. The van der Waals surface area contributed by atoms with E-state index < -0.39 is 0 Å². The van der Waals surface area contributed by atoms with Crippen LogP contribution in [0.3, 0.4) is 0 Å². The van der Waals surface area contributed by atoms with Crippen LogP contribution >= 0.6 is 0 Å². The standard InChI is InChI=1S/C16H33NO/c1-4-7-11-17(6-3)13-15-12-14(8-5-2)9-10-16(15)18/h14-16,18H,4-13H2,1-3H3. The van der Waals surface area contributed by atoms with Crippen LogP contribution in [0.4, 0.5) is 0 Å². The van der Waals surface area contributed by atoms with Gasteiger partial charge in [0.05, 0.1) is 6.10 Å². The van der Waals surface area contributed by atoms with Crippen LogP contribution in [0, 0.1) is 11.8 Å². The van der Waals surface area contributed by atoms with Gasteiger partial charge >= 0.3 is 0 Å². The molecule has 1 N–H and O–H groups in total. The summed E-state index contributed by atoms with van der Waals surface area (Å²) in [6, 6.07) is 0. The molecule has 1 saturated carbocycles. The van der Waals surface area contributed by atoms with Gasteiger partial charge in [-0.25, -0.2) is 0 Å². The molecule has 1 aliphatic carbocycles. The van der Waals surface area contributed by atoms with Crippen LogP contribution in [0.15, 0.2) is 0 Å². The highest BCUT2D eigenvalue weighted by Crippen LogP contribution is 2.32. The maximum atomic E-state index is 10.2. The summed E-state index contributed by atoms with van der Waals surface area (Å²) in [7, 11) is 0. The average Bonchev–Trinajstić information content (AvgIpc) is 2.38. The van der Waals surface area contributed by atoms with Gasteiger partial charge < -0.3 is 10.0 Å². The van der Waals surface area contributed by atoms with Crippen LogP contribution in [0.25, 0.3) is 0 Å². The van der Waals surface area contributed by atoms with Crippen LogP contribution in [0.5, 0.6) is 0 Å². The fraction of sp³-hybridized carbons (Fsp3) is 1.00. The predicted molar refractivity (Wildman–Crippen MR) is 78.8 cm³/mol. The van der Waals surface area contributed by atoms with E-state index in [1.165, 1.54) is 45.1 Å². The minimum atomic E-state index is -0.0474. The number of rotatable bonds is 8. The molecule has 0 aromatic carbocycles. The lowest BCUT2D eigenvalue weighted by atomic mass is 9.77. The zero-order valence-electron chi connectivity index (χ0n) is 12.7. The molecule has 1 fully saturated rings. The third kappa shape index (κ3) is 5.27. The van der Waals surface area contributed by atoms with Crippen molar-refractivity contribution < 1.29 is 5.11 Å². The van der Waals surface area contributed by atoms with Crippen molar-refractivity contribution >= 4 is 0 Å². The normalized spacial score (nSPS) is 28.8. The molecule has 0 heterocycles. The summed E-state index contributed by atoms with van der Waals surface area (Å²) in [6.45, 7) is 10.2. The Balaban J connectivity index is 2.40. The van der Waals surface area contributed by atoms with E-state index in [-0.39, 0.29) is 6.10 Å². The van der Waals surface area contributed by atoms with Crippen molar-refractivity contribution in [2.75, 3.05) is 19.6 Å². The van der Waals surface area contributed by atoms with Crippen LogP contribution in [0.2, 0.25) is 0 Å². The Hall–Kier alpha value is -0.0800. The highest BCUT2D eigenvalue weighted by atomic mass is 16.3. The van der Waals surface area contributed by atoms with Crippen LogP contribution in [-0.2, 0) is 0 Å². The lowest BCUT2D eigenvalue weighted by Gasteiger charge is -2.36. The Morgan fingerprint density at radius 2 is 1.89 bits per heavy atom. The third-order valence-corrected chi connectivity index (χ3v) is 4.52. The Morgan fingerprint density at radius 3 is 2.50 bits per heavy atom. The zero-order chi connectivity index (χ0) is 13.4. The van der Waals surface area contributed by atoms with Crippen molar-refractivity contribution in [2.45, 2.75) is 71.8 Å². The molecule has 0 amide bonds. The topological polar surface area (TPSA) is 23.5 Å². The number of aliphatic hydroxyl groups is 1. The van der Waals surface area contributed by atoms with Crippen molar-refractivity contribution in [1.29, 1.82) is 0 Å². The summed E-state index contributed by atoms with van der Waals surface area (Å²) in [5.41, 5.74) is 0. The number of unbranched alkanes of at least 4 members (excludes halogenated alkanes) is 1. The summed E-state index contributed by atoms with van der Waals surface area (Å²) in [6.07, 6.45) is 8.67. The quantitative estimate of drug-likeness (QED) is 0.715. The van der Waals surface area contributed by atoms with E-state index in [2.05, 4.69) is 25.7 Å². The molecular weight excluding hydrogens is 222 g/mol. The fourth-order valence-electron chi connectivity index (χ4n) is 3.30. The predicted octanol–water partition coefficient (Wildman–Crippen LogP) is 3.69. The van der Waals surface area contributed by atoms with Gasteiger partial charge in [0.1, 0.15) is 0 Å². The van der Waals surface area contributed by atoms with Gasteiger partial charge in [0, 0.05) is 6.54 Å². The van der Waals surface area contributed by atoms with Crippen LogP contribution in [0.1, 0.15) is 65.7 Å². The summed E-state index contributed by atoms with van der Waals surface area (Å²) >= 11 is 0. The molecule has 0 radical (unpaired) electrons. The Morgan fingerprint density at radius 1 is 1.11 bits per heavy atom. The van der Waals surface area contributed by atoms with E-state index in [0.717, 1.165) is 25.4 Å². The summed E-state index contributed by atoms with van der Waals surface area (Å²) < 4.78 is 0. The molecule has 0 bridgehead atoms. The van der Waals surface area contributed by atoms with Crippen LogP contribution < -0.4 is 0 Å². The molecule has 2 heteroatoms. The molecule has 0 aromatic heterocycles. The molecule has 1 rings (SSSR count). The highest BCUT2D eigenvalue weighted by Gasteiger charge is 2.29. The summed E-state index contributed by atoms with van der Waals surface area (Å²) in [4.78, 5) is 2.53. The second-order valence-electron chi connectivity index (χ2n) is 6.04. The molecule has 2 nitrogen and oxygen atoms in total. The second-order valence-corrected chi connectivity index (χ2v) is 6.04. The van der Waals surface area contributed by atoms with E-state index >= 15 is 0 Å². The summed E-state index contributed by atoms with van der Waals surface area (Å²) in [5.74, 6) is 1.39. The van der Waals surface area contributed by atoms with E-state index in [4.69, 9.17) is 0 Å². The minimum Gasteiger partial charge on any atom is -0.393 e. The molecule has 1 aliphatic rings. The largest absolute Gasteiger partial charge is 0.393 e.